The molecule has 0 saturated carbocycles. The summed E-state index contributed by atoms with van der Waals surface area (Å²) in [6.45, 7) is 18.7. The molecule has 0 heterocycles. The van der Waals surface area contributed by atoms with Crippen LogP contribution in [0.15, 0.2) is 11.1 Å². The van der Waals surface area contributed by atoms with Gasteiger partial charge in [-0.1, -0.05) is 40.2 Å². The minimum atomic E-state index is -1.64. The maximum atomic E-state index is 9.25. The van der Waals surface area contributed by atoms with Gasteiger partial charge in [-0.3, -0.25) is 0 Å². The monoisotopic (exact) mass is 272 g/mol. The van der Waals surface area contributed by atoms with Crippen LogP contribution < -0.4 is 0 Å². The summed E-state index contributed by atoms with van der Waals surface area (Å²) < 4.78 is 6.19. The Morgan fingerprint density at radius 3 is 2.06 bits per heavy atom. The van der Waals surface area contributed by atoms with Crippen LogP contribution in [0, 0.1) is 5.92 Å². The fourth-order valence-electron chi connectivity index (χ4n) is 1.73. The lowest BCUT2D eigenvalue weighted by atomic mass is 9.96. The third-order valence-electron chi connectivity index (χ3n) is 4.12. The van der Waals surface area contributed by atoms with E-state index in [-0.39, 0.29) is 11.6 Å². The maximum absolute atomic E-state index is 9.25. The molecule has 0 aromatic heterocycles. The molecule has 0 radical (unpaired) electrons. The molecule has 1 N–H and O–H groups in total. The van der Waals surface area contributed by atoms with E-state index in [4.69, 9.17) is 4.43 Å². The van der Waals surface area contributed by atoms with Crippen LogP contribution in [-0.2, 0) is 4.43 Å². The number of aliphatic hydroxyl groups excluding tert-OH is 1. The highest BCUT2D eigenvalue weighted by molar-refractivity contribution is 6.74. The van der Waals surface area contributed by atoms with Crippen molar-refractivity contribution in [1.82, 2.24) is 0 Å². The second-order valence-electron chi connectivity index (χ2n) is 6.98. The quantitative estimate of drug-likeness (QED) is 0.575. The van der Waals surface area contributed by atoms with Crippen LogP contribution in [0.3, 0.4) is 0 Å². The second kappa shape index (κ2) is 6.87. The van der Waals surface area contributed by atoms with E-state index in [2.05, 4.69) is 47.7 Å². The Morgan fingerprint density at radius 2 is 1.72 bits per heavy atom. The molecule has 0 bridgehead atoms. The van der Waals surface area contributed by atoms with E-state index in [9.17, 15) is 5.11 Å². The molecular weight excluding hydrogens is 240 g/mol. The summed E-state index contributed by atoms with van der Waals surface area (Å²) in [4.78, 5) is 0. The highest BCUT2D eigenvalue weighted by atomic mass is 28.4. The van der Waals surface area contributed by atoms with Gasteiger partial charge in [0.1, 0.15) is 0 Å². The third kappa shape index (κ3) is 5.25. The first kappa shape index (κ1) is 17.9. The van der Waals surface area contributed by atoms with Crippen molar-refractivity contribution in [3.63, 3.8) is 0 Å². The summed E-state index contributed by atoms with van der Waals surface area (Å²) in [5, 5.41) is 9.52. The first-order chi connectivity index (χ1) is 8.03. The summed E-state index contributed by atoms with van der Waals surface area (Å²) in [6, 6.07) is 0. The zero-order valence-corrected chi connectivity index (χ0v) is 14.6. The summed E-state index contributed by atoms with van der Waals surface area (Å²) >= 11 is 0. The Morgan fingerprint density at radius 1 is 1.22 bits per heavy atom. The molecule has 0 fully saturated rings. The van der Waals surface area contributed by atoms with Crippen molar-refractivity contribution < 1.29 is 9.53 Å². The molecule has 108 valence electrons. The van der Waals surface area contributed by atoms with Crippen LogP contribution in [0.2, 0.25) is 18.1 Å². The molecule has 0 unspecified atom stereocenters. The standard InChI is InChI=1S/C15H32O2Si/c1-12(2)14(13(3)11-16)9-10-17-18(7,8)15(4,5)6/h12,16H,9-11H2,1-8H3/b14-13+. The molecule has 18 heavy (non-hydrogen) atoms. The molecule has 0 aromatic carbocycles. The zero-order chi connectivity index (χ0) is 14.6. The molecule has 0 amide bonds. The Labute approximate surface area is 115 Å². The van der Waals surface area contributed by atoms with Gasteiger partial charge in [0.2, 0.25) is 0 Å². The van der Waals surface area contributed by atoms with Gasteiger partial charge >= 0.3 is 0 Å². The first-order valence-electron chi connectivity index (χ1n) is 6.96. The molecule has 0 atom stereocenters. The van der Waals surface area contributed by atoms with Gasteiger partial charge in [0.25, 0.3) is 0 Å². The SMILES string of the molecule is C/C(CO)=C(/CCO[Si](C)(C)C(C)(C)C)C(C)C. The van der Waals surface area contributed by atoms with E-state index in [1.807, 2.05) is 6.92 Å². The Balaban J connectivity index is 4.51. The molecule has 0 aliphatic rings. The second-order valence-corrected chi connectivity index (χ2v) is 11.8. The molecule has 0 aliphatic carbocycles. The van der Waals surface area contributed by atoms with Gasteiger partial charge in [-0.2, -0.15) is 0 Å². The molecule has 0 rings (SSSR count). The topological polar surface area (TPSA) is 29.5 Å². The minimum absolute atomic E-state index is 0.160. The predicted octanol–water partition coefficient (Wildman–Crippen LogP) is 4.36. The van der Waals surface area contributed by atoms with Crippen molar-refractivity contribution in [3.8, 4) is 0 Å². The van der Waals surface area contributed by atoms with Crippen molar-refractivity contribution in [3.05, 3.63) is 11.1 Å². The predicted molar refractivity (Wildman–Crippen MR) is 82.4 cm³/mol. The van der Waals surface area contributed by atoms with Crippen LogP contribution in [0.1, 0.15) is 48.0 Å². The van der Waals surface area contributed by atoms with Gasteiger partial charge in [0.05, 0.1) is 6.61 Å². The average molecular weight is 273 g/mol. The van der Waals surface area contributed by atoms with E-state index in [0.717, 1.165) is 18.6 Å². The fraction of sp³-hybridized carbons (Fsp3) is 0.867. The van der Waals surface area contributed by atoms with Gasteiger partial charge in [-0.15, -0.1) is 0 Å². The minimum Gasteiger partial charge on any atom is -0.417 e. The molecule has 0 aromatic rings. The van der Waals surface area contributed by atoms with Gasteiger partial charge in [-0.05, 0) is 43.0 Å². The van der Waals surface area contributed by atoms with E-state index in [1.54, 1.807) is 0 Å². The van der Waals surface area contributed by atoms with Crippen LogP contribution in [0.5, 0.6) is 0 Å². The fourth-order valence-corrected chi connectivity index (χ4v) is 2.77. The molecular formula is C15H32O2Si. The van der Waals surface area contributed by atoms with Crippen LogP contribution in [0.25, 0.3) is 0 Å². The zero-order valence-electron chi connectivity index (χ0n) is 13.6. The summed E-state index contributed by atoms with van der Waals surface area (Å²) in [6.07, 6.45) is 0.941. The highest BCUT2D eigenvalue weighted by Crippen LogP contribution is 2.36. The van der Waals surface area contributed by atoms with Gasteiger partial charge in [0.15, 0.2) is 8.32 Å². The smallest absolute Gasteiger partial charge is 0.191 e. The van der Waals surface area contributed by atoms with Crippen molar-refractivity contribution in [2.45, 2.75) is 66.1 Å². The normalized spacial score (nSPS) is 15.0. The van der Waals surface area contributed by atoms with Crippen LogP contribution in [-0.4, -0.2) is 26.6 Å². The molecule has 2 nitrogen and oxygen atoms in total. The number of hydrogen-bond donors (Lipinski definition) is 1. The van der Waals surface area contributed by atoms with Crippen molar-refractivity contribution in [1.29, 1.82) is 0 Å². The van der Waals surface area contributed by atoms with Crippen molar-refractivity contribution >= 4 is 8.32 Å². The molecule has 0 spiro atoms. The number of rotatable bonds is 6. The maximum Gasteiger partial charge on any atom is 0.191 e. The first-order valence-corrected chi connectivity index (χ1v) is 9.87. The molecule has 0 saturated heterocycles. The van der Waals surface area contributed by atoms with Gasteiger partial charge in [-0.25, -0.2) is 0 Å². The summed E-state index contributed by atoms with van der Waals surface area (Å²) in [5.74, 6) is 0.486. The van der Waals surface area contributed by atoms with Crippen LogP contribution in [0.4, 0.5) is 0 Å². The third-order valence-corrected chi connectivity index (χ3v) is 8.66. The van der Waals surface area contributed by atoms with E-state index >= 15 is 0 Å². The molecule has 3 heteroatoms. The largest absolute Gasteiger partial charge is 0.417 e. The van der Waals surface area contributed by atoms with Crippen LogP contribution >= 0.6 is 0 Å². The lowest BCUT2D eigenvalue weighted by Crippen LogP contribution is -2.41. The Hall–Kier alpha value is -0.123. The number of aliphatic hydroxyl groups is 1. The average Bonchev–Trinajstić information content (AvgIpc) is 2.21. The number of hydrogen-bond acceptors (Lipinski definition) is 2. The summed E-state index contributed by atoms with van der Waals surface area (Å²) in [5.41, 5.74) is 2.44. The lowest BCUT2D eigenvalue weighted by molar-refractivity contribution is 0.285. The Kier molecular flexibility index (Phi) is 6.83. The van der Waals surface area contributed by atoms with E-state index in [0.29, 0.717) is 5.92 Å². The van der Waals surface area contributed by atoms with Gasteiger partial charge < -0.3 is 9.53 Å². The van der Waals surface area contributed by atoms with Crippen molar-refractivity contribution in [2.75, 3.05) is 13.2 Å². The van der Waals surface area contributed by atoms with E-state index < -0.39 is 8.32 Å². The lowest BCUT2D eigenvalue weighted by Gasteiger charge is -2.36. The van der Waals surface area contributed by atoms with E-state index in [1.165, 1.54) is 5.57 Å². The molecule has 0 aliphatic heterocycles. The highest BCUT2D eigenvalue weighted by Gasteiger charge is 2.36. The van der Waals surface area contributed by atoms with Crippen molar-refractivity contribution in [2.24, 2.45) is 5.92 Å². The Bertz CT molecular complexity index is 285. The summed E-state index contributed by atoms with van der Waals surface area (Å²) in [7, 11) is -1.64. The van der Waals surface area contributed by atoms with Gasteiger partial charge in [0, 0.05) is 6.61 Å².